The Morgan fingerprint density at radius 3 is 0.769 bits per heavy atom. The van der Waals surface area contributed by atoms with Crippen molar-refractivity contribution in [3.8, 4) is 0 Å². The van der Waals surface area contributed by atoms with Gasteiger partial charge in [-0.1, -0.05) is 218 Å². The highest BCUT2D eigenvalue weighted by molar-refractivity contribution is 6.42. The highest BCUT2D eigenvalue weighted by Gasteiger charge is 2.27. The largest absolute Gasteiger partial charge is 0.363 e. The molecule has 13 aromatic rings. The van der Waals surface area contributed by atoms with Crippen molar-refractivity contribution in [2.24, 2.45) is 5.73 Å². The van der Waals surface area contributed by atoms with Crippen molar-refractivity contribution >= 4 is 253 Å². The second kappa shape index (κ2) is 45.7. The van der Waals surface area contributed by atoms with Crippen LogP contribution in [0.1, 0.15) is 71.1 Å². The zero-order valence-electron chi connectivity index (χ0n) is 59.8. The molecule has 6 fully saturated rings. The number of nitrogens with one attached hydrogen (secondary N) is 5. The first kappa shape index (κ1) is 93.3. The molecule has 10 aromatic heterocycles. The second-order valence-corrected chi connectivity index (χ2v) is 29.8. The Morgan fingerprint density at radius 2 is 0.513 bits per heavy atom. The number of nitrogens with zero attached hydrogens (tertiary/aromatic N) is 24. The monoisotopic (exact) mass is 1860 g/mol. The summed E-state index contributed by atoms with van der Waals surface area (Å²) in [5.41, 5.74) is 13.1. The first-order valence-electron chi connectivity index (χ1n) is 35.3. The Bertz CT molecular complexity index is 5170. The Labute approximate surface area is 744 Å². The molecule has 0 aliphatic carbocycles. The number of nitrogens with two attached hydrogens (primary N) is 1. The van der Waals surface area contributed by atoms with Crippen molar-refractivity contribution in [3.63, 3.8) is 0 Å². The zero-order chi connectivity index (χ0) is 80.2. The van der Waals surface area contributed by atoms with Gasteiger partial charge in [0.1, 0.15) is 5.52 Å². The van der Waals surface area contributed by atoms with Gasteiger partial charge in [0.15, 0.2) is 132 Å². The summed E-state index contributed by atoms with van der Waals surface area (Å²) in [4.78, 5) is 91.0. The average Bonchev–Trinajstić information content (AvgIpc) is 0.790. The molecule has 0 saturated carbocycles. The summed E-state index contributed by atoms with van der Waals surface area (Å²) >= 11 is 82.3. The van der Waals surface area contributed by atoms with Gasteiger partial charge in [-0.3, -0.25) is 0 Å². The minimum Gasteiger partial charge on any atom is -0.363 e. The molecule has 0 spiro atoms. The highest BCUT2D eigenvalue weighted by atomic mass is 35.5. The van der Waals surface area contributed by atoms with E-state index >= 15 is 0 Å². The van der Waals surface area contributed by atoms with Crippen LogP contribution in [0.3, 0.4) is 0 Å². The first-order chi connectivity index (χ1) is 55.2. The van der Waals surface area contributed by atoms with Gasteiger partial charge in [0.05, 0.1) is 0 Å². The number of hydrogen-bond acceptors (Lipinski definition) is 30. The SMILES string of the molecule is C.C.C.C1CNC1.C1CNCCN1.Clc1nc(Cl)c2nc(Cl)c(Cl)nc2n1.Clc1nc(N2CCC2)c2nc(Cl)c(Cl)nc2n1.Clc1nc(N2CCC2)c2nc(Cl)c(Cl)nc2n1.Clc1nc(N2CCC2)c2nc(Cl)c(NCc3ccccc3)nc2n1.Clc1nc(N2CCC2)c2nc(Cl)c(NCc3ccccc3)nc2n1.NCc1ccccc1. The van der Waals surface area contributed by atoms with Crippen molar-refractivity contribution in [2.75, 3.05) is 122 Å². The third kappa shape index (κ3) is 25.8. The van der Waals surface area contributed by atoms with E-state index in [4.69, 9.17) is 168 Å². The smallest absolute Gasteiger partial charge is 0.226 e. The summed E-state index contributed by atoms with van der Waals surface area (Å²) < 4.78 is 0. The minimum atomic E-state index is -0.0183. The molecule has 19 rings (SSSR count). The lowest BCUT2D eigenvalue weighted by atomic mass is 10.2. The fourth-order valence-electron chi connectivity index (χ4n) is 10.5. The molecule has 6 aliphatic rings. The van der Waals surface area contributed by atoms with Crippen LogP contribution < -0.4 is 51.9 Å². The van der Waals surface area contributed by atoms with E-state index in [0.29, 0.717) is 110 Å². The quantitative estimate of drug-likeness (QED) is 0.0517. The molecule has 16 heterocycles. The number of rotatable bonds is 11. The van der Waals surface area contributed by atoms with Crippen LogP contribution in [0.5, 0.6) is 0 Å². The fraction of sp³-hybridized carbons (Fsp3) is 0.342. The number of aromatic nitrogens is 20. The normalized spacial score (nSPS) is 14.0. The van der Waals surface area contributed by atoms with Gasteiger partial charge in [0.25, 0.3) is 0 Å². The summed E-state index contributed by atoms with van der Waals surface area (Å²) in [6.45, 7) is 16.3. The number of halogens is 14. The van der Waals surface area contributed by atoms with Crippen LogP contribution >= 0.6 is 162 Å². The Morgan fingerprint density at radius 1 is 0.265 bits per heavy atom. The van der Waals surface area contributed by atoms with Gasteiger partial charge in [0, 0.05) is 98.2 Å². The average molecular weight is 1870 g/mol. The van der Waals surface area contributed by atoms with E-state index in [1.165, 1.54) is 25.1 Å². The zero-order valence-corrected chi connectivity index (χ0v) is 70.4. The molecule has 0 amide bonds. The lowest BCUT2D eigenvalue weighted by Crippen LogP contribution is -2.39. The topological polar surface area (TPSA) is 357 Å². The summed E-state index contributed by atoms with van der Waals surface area (Å²) in [6.07, 6.45) is 5.89. The van der Waals surface area contributed by atoms with Gasteiger partial charge in [-0.15, -0.1) is 0 Å². The van der Waals surface area contributed by atoms with Crippen LogP contribution in [0.15, 0.2) is 91.0 Å². The van der Waals surface area contributed by atoms with Crippen LogP contribution in [0, 0.1) is 0 Å². The van der Waals surface area contributed by atoms with Crippen LogP contribution in [0.2, 0.25) is 72.8 Å². The van der Waals surface area contributed by atoms with Gasteiger partial charge in [-0.25, -0.2) is 54.8 Å². The van der Waals surface area contributed by atoms with Crippen LogP contribution in [-0.2, 0) is 19.6 Å². The first-order valence-corrected chi connectivity index (χ1v) is 40.6. The van der Waals surface area contributed by atoms with Crippen molar-refractivity contribution in [3.05, 3.63) is 180 Å². The number of hydrogen-bond donors (Lipinski definition) is 6. The van der Waals surface area contributed by atoms with Crippen molar-refractivity contribution in [1.82, 2.24) is 116 Å². The summed E-state index contributed by atoms with van der Waals surface area (Å²) in [6, 6.07) is 30.0. The minimum absolute atomic E-state index is 0. The Hall–Kier alpha value is -7.54. The maximum absolute atomic E-state index is 6.30. The van der Waals surface area contributed by atoms with E-state index in [0.717, 1.165) is 115 Å². The second-order valence-electron chi connectivity index (χ2n) is 24.9. The lowest BCUT2D eigenvalue weighted by Gasteiger charge is -2.32. The molecule has 0 unspecified atom stereocenters. The fourth-order valence-corrected chi connectivity index (χ4v) is 12.7. The molecule has 0 bridgehead atoms. The molecule has 44 heteroatoms. The molecule has 0 radical (unpaired) electrons. The number of benzene rings is 3. The van der Waals surface area contributed by atoms with Gasteiger partial charge in [-0.2, -0.15) is 44.9 Å². The summed E-state index contributed by atoms with van der Waals surface area (Å²) in [5, 5.41) is 17.8. The van der Waals surface area contributed by atoms with E-state index in [1.807, 2.05) is 91.0 Å². The van der Waals surface area contributed by atoms with E-state index in [2.05, 4.69) is 146 Å². The molecule has 3 aromatic carbocycles. The number of anilines is 6. The Kier molecular flexibility index (Phi) is 36.5. The molecule has 30 nitrogen and oxygen atoms in total. The van der Waals surface area contributed by atoms with Crippen LogP contribution in [0.25, 0.3) is 55.8 Å². The highest BCUT2D eigenvalue weighted by Crippen LogP contribution is 2.35. The van der Waals surface area contributed by atoms with Crippen molar-refractivity contribution in [2.45, 2.75) is 74.0 Å². The standard InChI is InChI=1S/2C16H14Cl2N6.2C9H6Cl3N5.C7H9N.C6Cl4N4.C4H10N2.C3H7N.3CH4/c2*17-12-14(19-9-10-5-2-1-3-6-10)21-13-11(20-12)15(23-16(18)22-13)24-7-4-8-24;2*10-5-6(11)14-7-4(13-5)8(16-9(12)15-7)17-2-1-3-17;8-6-7-4-2-1-3-5-7;7-2-1-5(14-6(10)13-2)12-4(9)3(8)11-1;1-2-6-4-3-5-1;1-2-4-3-1;;;/h2*1-3,5-6H,4,7-9H2,(H,19,21,22,23);2*1-3H2;1-5H,6,8H2;;5-6H,1-4H2;4H,1-3H2;3*1H4. The predicted octanol–water partition coefficient (Wildman–Crippen LogP) is 17.5. The maximum Gasteiger partial charge on any atom is 0.226 e. The molecule has 618 valence electrons. The van der Waals surface area contributed by atoms with Gasteiger partial charge in [0.2, 0.25) is 26.4 Å². The molecule has 6 saturated heterocycles. The van der Waals surface area contributed by atoms with E-state index in [9.17, 15) is 0 Å². The third-order valence-corrected chi connectivity index (χ3v) is 20.6. The van der Waals surface area contributed by atoms with E-state index in [1.54, 1.807) is 0 Å². The molecular weight excluding hydrogens is 1790 g/mol. The van der Waals surface area contributed by atoms with Gasteiger partial charge < -0.3 is 51.9 Å². The van der Waals surface area contributed by atoms with Crippen LogP contribution in [-0.4, -0.2) is 191 Å². The van der Waals surface area contributed by atoms with Crippen LogP contribution in [0.4, 0.5) is 34.9 Å². The van der Waals surface area contributed by atoms with Gasteiger partial charge >= 0.3 is 0 Å². The maximum atomic E-state index is 6.30. The van der Waals surface area contributed by atoms with Crippen molar-refractivity contribution < 1.29 is 0 Å². The molecule has 0 atom stereocenters. The molecule has 117 heavy (non-hydrogen) atoms. The molecular formula is C73H78Cl14N30. The summed E-state index contributed by atoms with van der Waals surface area (Å²) in [7, 11) is 0. The third-order valence-electron chi connectivity index (χ3n) is 17.0. The lowest BCUT2D eigenvalue weighted by molar-refractivity contribution is 0.527. The van der Waals surface area contributed by atoms with E-state index < -0.39 is 0 Å². The number of fused-ring (bicyclic) bond motifs is 5. The Balaban J connectivity index is 0.000000159. The van der Waals surface area contributed by atoms with Crippen molar-refractivity contribution in [1.29, 1.82) is 0 Å². The molecule has 7 N–H and O–H groups in total. The van der Waals surface area contributed by atoms with Gasteiger partial charge in [-0.05, 0) is 120 Å². The predicted molar refractivity (Wildman–Crippen MR) is 478 cm³/mol. The molecule has 6 aliphatic heterocycles. The van der Waals surface area contributed by atoms with E-state index in [-0.39, 0.29) is 95.9 Å². The summed E-state index contributed by atoms with van der Waals surface area (Å²) in [5.74, 6) is 3.69. The number of piperazine rings is 1.